The van der Waals surface area contributed by atoms with Gasteiger partial charge in [-0.15, -0.1) is 4.18 Å². The Balaban J connectivity index is 0.000000694. The van der Waals surface area contributed by atoms with Gasteiger partial charge in [-0.25, -0.2) is 5.01 Å². The summed E-state index contributed by atoms with van der Waals surface area (Å²) in [6.07, 6.45) is 6.09. The highest BCUT2D eigenvalue weighted by atomic mass is 32.7. The van der Waals surface area contributed by atoms with Crippen molar-refractivity contribution < 1.29 is 14.2 Å². The van der Waals surface area contributed by atoms with E-state index in [1.54, 1.807) is 6.92 Å². The molecule has 0 aromatic heterocycles. The minimum atomic E-state index is -0.212. The van der Waals surface area contributed by atoms with Crippen molar-refractivity contribution in [2.45, 2.75) is 132 Å². The first-order valence-corrected chi connectivity index (χ1v) is 19.9. The van der Waals surface area contributed by atoms with Crippen LogP contribution in [0.1, 0.15) is 132 Å². The summed E-state index contributed by atoms with van der Waals surface area (Å²) in [7, 11) is -0.212. The molecule has 1 N–H and O–H groups in total. The number of Topliss-reactive ketones (excluding diaryl/α,β-unsaturated/α-hetero) is 1. The van der Waals surface area contributed by atoms with Crippen LogP contribution in [-0.4, -0.2) is 57.3 Å². The highest BCUT2D eigenvalue weighted by molar-refractivity contribution is 8.55. The molecule has 3 aliphatic rings. The number of hydrogen-bond donors (Lipinski definition) is 1. The number of hydrazine groups is 1. The van der Waals surface area contributed by atoms with Crippen LogP contribution in [0, 0.1) is 11.3 Å². The number of carbonyl (C=O) groups excluding carboxylic acids is 1. The van der Waals surface area contributed by atoms with E-state index in [4.69, 9.17) is 4.74 Å². The first-order valence-electron chi connectivity index (χ1n) is 16.4. The van der Waals surface area contributed by atoms with Crippen LogP contribution in [0.25, 0.3) is 0 Å². The van der Waals surface area contributed by atoms with Crippen molar-refractivity contribution in [2.24, 2.45) is 11.3 Å². The van der Waals surface area contributed by atoms with Gasteiger partial charge in [0.2, 0.25) is 0 Å². The molecule has 244 valence electrons. The van der Waals surface area contributed by atoms with Crippen LogP contribution in [-0.2, 0) is 0 Å². The minimum absolute atomic E-state index is 0.0962. The van der Waals surface area contributed by atoms with Crippen molar-refractivity contribution in [3.8, 4) is 5.75 Å². The van der Waals surface area contributed by atoms with E-state index in [9.17, 15) is 4.79 Å². The van der Waals surface area contributed by atoms with Gasteiger partial charge in [-0.3, -0.25) is 9.46 Å². The summed E-state index contributed by atoms with van der Waals surface area (Å²) in [6.45, 7) is 34.1. The van der Waals surface area contributed by atoms with Crippen molar-refractivity contribution in [2.75, 3.05) is 32.8 Å². The molecule has 3 heterocycles. The second-order valence-corrected chi connectivity index (χ2v) is 20.3. The van der Waals surface area contributed by atoms with Gasteiger partial charge in [0.1, 0.15) is 5.75 Å². The molecule has 5 nitrogen and oxygen atoms in total. The third-order valence-electron chi connectivity index (χ3n) is 7.11. The molecule has 3 atom stereocenters. The normalized spacial score (nSPS) is 24.4. The van der Waals surface area contributed by atoms with Crippen molar-refractivity contribution in [1.29, 1.82) is 0 Å². The lowest BCUT2D eigenvalue weighted by Gasteiger charge is -2.27. The van der Waals surface area contributed by atoms with Crippen molar-refractivity contribution in [1.82, 2.24) is 9.19 Å². The Hall–Kier alpha value is -0.300. The maximum Gasteiger partial charge on any atom is 0.274 e. The van der Waals surface area contributed by atoms with Gasteiger partial charge in [-0.05, 0) is 107 Å². The lowest BCUT2D eigenvalue weighted by Crippen LogP contribution is -3.06. The number of quaternary nitrogens is 1. The molecule has 3 fully saturated rings. The van der Waals surface area contributed by atoms with E-state index >= 15 is 0 Å². The van der Waals surface area contributed by atoms with Crippen LogP contribution in [0.3, 0.4) is 0 Å². The molecule has 0 bridgehead atoms. The van der Waals surface area contributed by atoms with Gasteiger partial charge in [-0.2, -0.15) is 0 Å². The van der Waals surface area contributed by atoms with Gasteiger partial charge in [0.25, 0.3) is 7.42 Å². The lowest BCUT2D eigenvalue weighted by atomic mass is 9.94. The zero-order chi connectivity index (χ0) is 32.1. The fraction of sp³-hybridized carbons (Fsp3) is 0.794. The molecule has 0 saturated carbocycles. The van der Waals surface area contributed by atoms with Crippen LogP contribution in [0.2, 0.25) is 0 Å². The summed E-state index contributed by atoms with van der Waals surface area (Å²) >= 11 is 4.31. The van der Waals surface area contributed by atoms with Gasteiger partial charge in [0.15, 0.2) is 5.78 Å². The van der Waals surface area contributed by atoms with Crippen LogP contribution >= 0.6 is 30.8 Å². The molecule has 3 saturated heterocycles. The molecule has 3 aliphatic heterocycles. The van der Waals surface area contributed by atoms with E-state index in [1.165, 1.54) is 51.9 Å². The first-order chi connectivity index (χ1) is 19.6. The fourth-order valence-electron chi connectivity index (χ4n) is 4.69. The zero-order valence-corrected chi connectivity index (χ0v) is 32.0. The number of nitrogens with zero attached hydrogens (tertiary/aromatic N) is 2. The predicted octanol–water partition coefficient (Wildman–Crippen LogP) is 9.55. The third-order valence-corrected chi connectivity index (χ3v) is 14.7. The average Bonchev–Trinajstić information content (AvgIpc) is 3.34. The molecule has 8 heteroatoms. The van der Waals surface area contributed by atoms with E-state index < -0.39 is 0 Å². The van der Waals surface area contributed by atoms with Crippen LogP contribution < -0.4 is 9.41 Å². The summed E-state index contributed by atoms with van der Waals surface area (Å²) in [5, 5.41) is 2.68. The van der Waals surface area contributed by atoms with E-state index in [1.807, 2.05) is 42.8 Å². The van der Waals surface area contributed by atoms with E-state index in [2.05, 4.69) is 102 Å². The number of fused-ring (bicyclic) bond motifs is 3. The molecule has 3 unspecified atom stereocenters. The smallest absolute Gasteiger partial charge is 0.274 e. The summed E-state index contributed by atoms with van der Waals surface area (Å²) in [5.41, 5.74) is 1.28. The number of nitrogens with one attached hydrogen (secondary N) is 1. The fourth-order valence-corrected chi connectivity index (χ4v) is 13.0. The Morgan fingerprint density at radius 3 is 2.14 bits per heavy atom. The summed E-state index contributed by atoms with van der Waals surface area (Å²) < 4.78 is 11.1. The summed E-state index contributed by atoms with van der Waals surface area (Å²) in [4.78, 5) is 11.4. The van der Waals surface area contributed by atoms with Crippen LogP contribution in [0.15, 0.2) is 24.3 Å². The van der Waals surface area contributed by atoms with Gasteiger partial charge < -0.3 is 4.74 Å². The van der Waals surface area contributed by atoms with Crippen molar-refractivity contribution in [3.63, 3.8) is 0 Å². The molecule has 0 spiro atoms. The molecular weight excluding hydrogens is 578 g/mol. The van der Waals surface area contributed by atoms with Gasteiger partial charge in [-0.1, -0.05) is 68.2 Å². The number of hydrogen-bond acceptors (Lipinski definition) is 6. The number of benzene rings is 1. The number of ketones is 1. The van der Waals surface area contributed by atoms with E-state index in [0.717, 1.165) is 30.3 Å². The quantitative estimate of drug-likeness (QED) is 0.138. The topological polar surface area (TPSA) is 37.2 Å². The highest BCUT2D eigenvalue weighted by Crippen LogP contribution is 2.63. The Labute approximate surface area is 270 Å². The second-order valence-electron chi connectivity index (χ2n) is 13.9. The Morgan fingerprint density at radius 1 is 1.05 bits per heavy atom. The highest BCUT2D eigenvalue weighted by Gasteiger charge is 2.55. The van der Waals surface area contributed by atoms with Crippen LogP contribution in [0.5, 0.6) is 5.75 Å². The Bertz CT molecular complexity index is 873. The van der Waals surface area contributed by atoms with Crippen molar-refractivity contribution in [3.05, 3.63) is 29.8 Å². The number of ether oxygens (including phenoxy) is 1. The summed E-state index contributed by atoms with van der Waals surface area (Å²) in [6, 6.07) is 7.51. The van der Waals surface area contributed by atoms with Crippen molar-refractivity contribution >= 4 is 36.5 Å². The predicted molar refractivity (Wildman–Crippen MR) is 191 cm³/mol. The minimum Gasteiger partial charge on any atom is -0.494 e. The second kappa shape index (κ2) is 18.6. The molecule has 0 amide bonds. The molecule has 42 heavy (non-hydrogen) atoms. The molecule has 0 radical (unpaired) electrons. The maximum atomic E-state index is 11.4. The molecule has 4 rings (SSSR count). The number of carbonyl (C=O) groups is 1. The van der Waals surface area contributed by atoms with Gasteiger partial charge >= 0.3 is 0 Å². The first kappa shape index (κ1) is 39.7. The number of rotatable bonds is 7. The van der Waals surface area contributed by atoms with E-state index in [0.29, 0.717) is 14.9 Å². The number of unbranched alkanes of at least 4 members (excludes halogenated alkanes) is 1. The SMILES string of the molecule is CC.CC(=O)c1ccc(OCCCCC2CN3CC(C)(C)SN3P3SC(C)(C)C[NH+]3C2)cc1.CCC.CCC(C)(C)C. The van der Waals surface area contributed by atoms with E-state index in [-0.39, 0.29) is 13.2 Å². The average molecular weight is 643 g/mol. The van der Waals surface area contributed by atoms with Gasteiger partial charge in [0.05, 0.1) is 24.4 Å². The maximum absolute atomic E-state index is 11.4. The lowest BCUT2D eigenvalue weighted by molar-refractivity contribution is -0.771. The Morgan fingerprint density at radius 2 is 1.62 bits per heavy atom. The molecule has 0 aliphatic carbocycles. The van der Waals surface area contributed by atoms with Gasteiger partial charge in [0, 0.05) is 29.3 Å². The zero-order valence-electron chi connectivity index (χ0n) is 29.4. The van der Waals surface area contributed by atoms with Crippen LogP contribution in [0.4, 0.5) is 0 Å². The standard InChI is InChI=1S/C23H36N3O2PS2.C6H14.C3H8.C2H6/c1-18(27)20-9-11-21(12-10-20)28-13-7-6-8-19-14-24-16-22(2,3)30-26(24)29-25(15-19)17-23(4,5)31-29;1-5-6(2,3)4;1-3-2;1-2/h9-12,19H,6-8,13-17H2,1-5H3;5H2,1-4H3;3H2,1-2H3;1-2H3/p+1. The summed E-state index contributed by atoms with van der Waals surface area (Å²) in [5.74, 6) is 1.71. The molecule has 1 aromatic rings. The monoisotopic (exact) mass is 642 g/mol. The Kier molecular flexibility index (Phi) is 17.6. The molecular formula is C34H65N3O2PS2+. The largest absolute Gasteiger partial charge is 0.494 e. The molecule has 1 aromatic carbocycles. The third kappa shape index (κ3) is 14.2.